The number of carbonyl (C=O) groups is 2. The van der Waals surface area contributed by atoms with Crippen LogP contribution in [-0.4, -0.2) is 40.9 Å². The van der Waals surface area contributed by atoms with Gasteiger partial charge in [0.25, 0.3) is 11.8 Å². The molecule has 0 unspecified atom stereocenters. The molecule has 3 aromatic rings. The lowest BCUT2D eigenvalue weighted by molar-refractivity contribution is 0.0533. The number of benzene rings is 2. The van der Waals surface area contributed by atoms with Crippen molar-refractivity contribution in [3.8, 4) is 6.07 Å². The zero-order valence-electron chi connectivity index (χ0n) is 19.7. The molecule has 2 aromatic carbocycles. The molecule has 0 bridgehead atoms. The van der Waals surface area contributed by atoms with Gasteiger partial charge in [-0.05, 0) is 48.7 Å². The second kappa shape index (κ2) is 8.19. The smallest absolute Gasteiger partial charge is 0.262 e. The molecule has 0 saturated heterocycles. The van der Waals surface area contributed by atoms with Gasteiger partial charge in [-0.25, -0.2) is 4.98 Å². The molecule has 5 rings (SSSR count). The van der Waals surface area contributed by atoms with E-state index in [4.69, 9.17) is 4.74 Å². The van der Waals surface area contributed by atoms with Gasteiger partial charge in [-0.15, -0.1) is 0 Å². The summed E-state index contributed by atoms with van der Waals surface area (Å²) >= 11 is 0. The third-order valence-electron chi connectivity index (χ3n) is 6.81. The van der Waals surface area contributed by atoms with Crippen LogP contribution >= 0.6 is 0 Å². The lowest BCUT2D eigenvalue weighted by Crippen LogP contribution is -2.38. The van der Waals surface area contributed by atoms with Crippen LogP contribution in [0.15, 0.2) is 48.8 Å². The Kier molecular flexibility index (Phi) is 5.42. The summed E-state index contributed by atoms with van der Waals surface area (Å²) in [5.41, 5.74) is 2.47. The number of rotatable bonds is 8. The first-order valence-electron chi connectivity index (χ1n) is 11.6. The second-order valence-corrected chi connectivity index (χ2v) is 16.1. The van der Waals surface area contributed by atoms with Crippen LogP contribution in [0.2, 0.25) is 25.7 Å². The molecule has 1 aliphatic carbocycles. The van der Waals surface area contributed by atoms with Crippen molar-refractivity contribution in [1.29, 1.82) is 5.26 Å². The molecule has 34 heavy (non-hydrogen) atoms. The monoisotopic (exact) mass is 472 g/mol. The maximum atomic E-state index is 13.3. The lowest BCUT2D eigenvalue weighted by Gasteiger charge is -2.30. The van der Waals surface area contributed by atoms with Crippen molar-refractivity contribution >= 4 is 30.9 Å². The number of nitriles is 1. The molecule has 0 N–H and O–H groups in total. The highest BCUT2D eigenvalue weighted by atomic mass is 28.3. The van der Waals surface area contributed by atoms with Crippen molar-refractivity contribution in [3.63, 3.8) is 0 Å². The van der Waals surface area contributed by atoms with Crippen LogP contribution in [0.1, 0.15) is 45.2 Å². The van der Waals surface area contributed by atoms with E-state index in [-0.39, 0.29) is 11.8 Å². The Morgan fingerprint density at radius 2 is 1.79 bits per heavy atom. The Bertz CT molecular complexity index is 1290. The summed E-state index contributed by atoms with van der Waals surface area (Å²) in [7, 11) is -1.18. The van der Waals surface area contributed by atoms with E-state index in [1.807, 2.05) is 22.8 Å². The average Bonchev–Trinajstić information content (AvgIpc) is 3.44. The number of amides is 2. The number of hydrogen-bond donors (Lipinski definition) is 0. The maximum Gasteiger partial charge on any atom is 0.262 e. The first kappa shape index (κ1) is 22.5. The number of nitrogens with zero attached hydrogens (tertiary/aromatic N) is 4. The van der Waals surface area contributed by atoms with Crippen LogP contribution in [0.25, 0.3) is 11.0 Å². The number of ether oxygens (including phenoxy) is 1. The predicted octanol–water partition coefficient (Wildman–Crippen LogP) is 4.99. The number of aromatic nitrogens is 2. The highest BCUT2D eigenvalue weighted by Crippen LogP contribution is 2.58. The minimum Gasteiger partial charge on any atom is -0.361 e. The Balaban J connectivity index is 1.49. The third kappa shape index (κ3) is 3.85. The standard InChI is InChI=1S/C26H28N4O3Si/c1-34(2,3)13-12-33-17-29-16-28-21-9-8-18(14-22(21)29)23(26(15-27)10-11-26)30-24(31)19-6-4-5-7-20(19)25(30)32/h4-9,14,16,23H,10-13,17H2,1-3H3/t23-/m0/s1. The van der Waals surface area contributed by atoms with Crippen molar-refractivity contribution < 1.29 is 14.3 Å². The number of carbonyl (C=O) groups excluding carboxylic acids is 2. The van der Waals surface area contributed by atoms with Crippen LogP contribution in [0.5, 0.6) is 0 Å². The molecular weight excluding hydrogens is 444 g/mol. The first-order chi connectivity index (χ1) is 16.2. The second-order valence-electron chi connectivity index (χ2n) is 10.5. The van der Waals surface area contributed by atoms with Crippen LogP contribution in [-0.2, 0) is 11.5 Å². The van der Waals surface area contributed by atoms with Gasteiger partial charge in [-0.3, -0.25) is 14.5 Å². The summed E-state index contributed by atoms with van der Waals surface area (Å²) in [5, 5.41) is 10.0. The van der Waals surface area contributed by atoms with Gasteiger partial charge >= 0.3 is 0 Å². The summed E-state index contributed by atoms with van der Waals surface area (Å²) in [6.07, 6.45) is 3.05. The van der Waals surface area contributed by atoms with E-state index in [0.717, 1.165) is 22.6 Å². The molecule has 174 valence electrons. The van der Waals surface area contributed by atoms with Crippen molar-refractivity contribution in [2.45, 2.75) is 51.3 Å². The Morgan fingerprint density at radius 1 is 1.12 bits per heavy atom. The van der Waals surface area contributed by atoms with E-state index in [9.17, 15) is 14.9 Å². The largest absolute Gasteiger partial charge is 0.361 e. The molecule has 2 heterocycles. The van der Waals surface area contributed by atoms with Gasteiger partial charge in [0.1, 0.15) is 6.73 Å². The van der Waals surface area contributed by atoms with Crippen molar-refractivity contribution in [2.24, 2.45) is 5.41 Å². The fourth-order valence-corrected chi connectivity index (χ4v) is 5.38. The van der Waals surface area contributed by atoms with Gasteiger partial charge in [0.05, 0.1) is 46.0 Å². The highest BCUT2D eigenvalue weighted by Gasteiger charge is 2.57. The highest BCUT2D eigenvalue weighted by molar-refractivity contribution is 6.76. The first-order valence-corrected chi connectivity index (χ1v) is 15.4. The van der Waals surface area contributed by atoms with Crippen molar-refractivity contribution in [3.05, 3.63) is 65.5 Å². The molecular formula is C26H28N4O3Si. The zero-order valence-corrected chi connectivity index (χ0v) is 20.7. The summed E-state index contributed by atoms with van der Waals surface area (Å²) in [5.74, 6) is -0.675. The van der Waals surface area contributed by atoms with E-state index in [0.29, 0.717) is 37.3 Å². The van der Waals surface area contributed by atoms with E-state index >= 15 is 0 Å². The van der Waals surface area contributed by atoms with Gasteiger partial charge in [0.2, 0.25) is 0 Å². The lowest BCUT2D eigenvalue weighted by atomic mass is 9.89. The van der Waals surface area contributed by atoms with Gasteiger partial charge in [0, 0.05) is 14.7 Å². The summed E-state index contributed by atoms with van der Waals surface area (Å²) in [6, 6.07) is 15.4. The maximum absolute atomic E-state index is 13.3. The quantitative estimate of drug-likeness (QED) is 0.262. The molecule has 1 saturated carbocycles. The Hall–Kier alpha value is -3.28. The van der Waals surface area contributed by atoms with Gasteiger partial charge < -0.3 is 9.30 Å². The number of fused-ring (bicyclic) bond motifs is 2. The third-order valence-corrected chi connectivity index (χ3v) is 8.51. The molecule has 8 heteroatoms. The van der Waals surface area contributed by atoms with Crippen molar-refractivity contribution in [1.82, 2.24) is 14.5 Å². The minimum absolute atomic E-state index is 0.338. The normalized spacial score (nSPS) is 17.6. The van der Waals surface area contributed by atoms with Crippen LogP contribution in [0.3, 0.4) is 0 Å². The van der Waals surface area contributed by atoms with Crippen LogP contribution < -0.4 is 0 Å². The molecule has 0 spiro atoms. The molecule has 2 amide bonds. The van der Waals surface area contributed by atoms with E-state index in [1.165, 1.54) is 4.90 Å². The van der Waals surface area contributed by atoms with Crippen molar-refractivity contribution in [2.75, 3.05) is 6.61 Å². The van der Waals surface area contributed by atoms with E-state index < -0.39 is 19.5 Å². The Labute approximate surface area is 200 Å². The van der Waals surface area contributed by atoms with Crippen LogP contribution in [0.4, 0.5) is 0 Å². The molecule has 1 aromatic heterocycles. The Morgan fingerprint density at radius 3 is 2.38 bits per heavy atom. The SMILES string of the molecule is C[Si](C)(C)CCOCn1cnc2ccc([C@H](N3C(=O)c4ccccc4C3=O)C3(C#N)CC3)cc21. The van der Waals surface area contributed by atoms with E-state index in [2.05, 4.69) is 30.7 Å². The molecule has 1 atom stereocenters. The van der Waals surface area contributed by atoms with E-state index in [1.54, 1.807) is 30.6 Å². The number of imidazole rings is 1. The zero-order chi connectivity index (χ0) is 24.1. The molecule has 2 aliphatic rings. The average molecular weight is 473 g/mol. The summed E-state index contributed by atoms with van der Waals surface area (Å²) < 4.78 is 7.87. The summed E-state index contributed by atoms with van der Waals surface area (Å²) in [4.78, 5) is 32.4. The minimum atomic E-state index is -1.18. The molecule has 1 aliphatic heterocycles. The number of hydrogen-bond acceptors (Lipinski definition) is 5. The van der Waals surface area contributed by atoms with Gasteiger partial charge in [0.15, 0.2) is 0 Å². The molecule has 7 nitrogen and oxygen atoms in total. The topological polar surface area (TPSA) is 88.2 Å². The number of imide groups is 1. The summed E-state index contributed by atoms with van der Waals surface area (Å²) in [6.45, 7) is 8.03. The fraction of sp³-hybridized carbons (Fsp3) is 0.385. The molecule has 1 fully saturated rings. The van der Waals surface area contributed by atoms with Crippen LogP contribution in [0, 0.1) is 16.7 Å². The predicted molar refractivity (Wildman–Crippen MR) is 131 cm³/mol. The fourth-order valence-electron chi connectivity index (χ4n) is 4.63. The van der Waals surface area contributed by atoms with Gasteiger partial charge in [-0.1, -0.05) is 37.8 Å². The molecule has 0 radical (unpaired) electrons. The van der Waals surface area contributed by atoms with Gasteiger partial charge in [-0.2, -0.15) is 5.26 Å².